The van der Waals surface area contributed by atoms with Crippen LogP contribution in [0.3, 0.4) is 0 Å². The Kier molecular flexibility index (Phi) is 8.65. The summed E-state index contributed by atoms with van der Waals surface area (Å²) in [7, 11) is 0. The lowest BCUT2D eigenvalue weighted by molar-refractivity contribution is -0.134. The van der Waals surface area contributed by atoms with Gasteiger partial charge in [-0.25, -0.2) is 0 Å². The summed E-state index contributed by atoms with van der Waals surface area (Å²) in [5.41, 5.74) is 0. The average molecular weight is 317 g/mol. The molecule has 1 N–H and O–H groups in total. The minimum absolute atomic E-state index is 0. The summed E-state index contributed by atoms with van der Waals surface area (Å²) >= 11 is 0. The van der Waals surface area contributed by atoms with Crippen LogP contribution in [0.1, 0.15) is 65.2 Å². The van der Waals surface area contributed by atoms with Crippen molar-refractivity contribution in [2.75, 3.05) is 19.6 Å². The fraction of sp³-hybridized carbons (Fsp3) is 0.941. The van der Waals surface area contributed by atoms with Crippen LogP contribution in [0, 0.1) is 11.8 Å². The van der Waals surface area contributed by atoms with E-state index < -0.39 is 0 Å². The Balaban J connectivity index is 0.00000220. The normalized spacial score (nSPS) is 26.5. The number of nitrogens with zero attached hydrogens (tertiary/aromatic N) is 1. The Morgan fingerprint density at radius 3 is 2.71 bits per heavy atom. The number of rotatable bonds is 5. The highest BCUT2D eigenvalue weighted by atomic mass is 35.5. The molecular formula is C17H33ClN2O. The third-order valence-electron chi connectivity index (χ3n) is 4.87. The minimum Gasteiger partial charge on any atom is -0.340 e. The number of carbonyl (C=O) groups is 1. The first-order valence-electron chi connectivity index (χ1n) is 8.67. The van der Waals surface area contributed by atoms with E-state index in [9.17, 15) is 4.79 Å². The summed E-state index contributed by atoms with van der Waals surface area (Å²) in [6, 6.07) is 0.506. The van der Waals surface area contributed by atoms with Crippen molar-refractivity contribution in [1.82, 2.24) is 10.2 Å². The predicted octanol–water partition coefficient (Wildman–Crippen LogP) is 3.62. The molecule has 0 aromatic rings. The van der Waals surface area contributed by atoms with E-state index in [0.29, 0.717) is 17.9 Å². The Hall–Kier alpha value is -0.280. The third kappa shape index (κ3) is 6.15. The number of halogens is 1. The van der Waals surface area contributed by atoms with Gasteiger partial charge in [0.15, 0.2) is 0 Å². The maximum Gasteiger partial charge on any atom is 0.222 e. The van der Waals surface area contributed by atoms with Gasteiger partial charge in [-0.1, -0.05) is 26.7 Å². The van der Waals surface area contributed by atoms with Gasteiger partial charge in [-0.05, 0) is 57.0 Å². The number of hydrogen-bond donors (Lipinski definition) is 1. The molecule has 3 nitrogen and oxygen atoms in total. The Morgan fingerprint density at radius 1 is 1.24 bits per heavy atom. The molecule has 2 aliphatic heterocycles. The molecule has 2 unspecified atom stereocenters. The van der Waals surface area contributed by atoms with E-state index in [0.717, 1.165) is 38.4 Å². The fourth-order valence-electron chi connectivity index (χ4n) is 3.73. The van der Waals surface area contributed by atoms with Crippen LogP contribution in [-0.2, 0) is 4.79 Å². The molecule has 2 heterocycles. The molecule has 0 bridgehead atoms. The van der Waals surface area contributed by atoms with Gasteiger partial charge < -0.3 is 10.2 Å². The zero-order chi connectivity index (χ0) is 14.4. The van der Waals surface area contributed by atoms with Gasteiger partial charge in [-0.3, -0.25) is 4.79 Å². The molecule has 1 amide bonds. The van der Waals surface area contributed by atoms with E-state index in [4.69, 9.17) is 0 Å². The standard InChI is InChI=1S/C17H32N2O.ClH/c1-14(2)12-16-6-4-3-5-11-19(16)17(20)8-7-15-9-10-18-13-15;/h14-16,18H,3-13H2,1-2H3;1H. The molecule has 0 spiro atoms. The molecule has 0 aromatic heterocycles. The van der Waals surface area contributed by atoms with Crippen LogP contribution in [0.2, 0.25) is 0 Å². The zero-order valence-electron chi connectivity index (χ0n) is 13.8. The quantitative estimate of drug-likeness (QED) is 0.840. The molecule has 2 atom stereocenters. The van der Waals surface area contributed by atoms with Gasteiger partial charge in [-0.2, -0.15) is 0 Å². The molecule has 2 rings (SSSR count). The smallest absolute Gasteiger partial charge is 0.222 e. The second-order valence-electron chi connectivity index (χ2n) is 7.12. The van der Waals surface area contributed by atoms with Gasteiger partial charge in [0, 0.05) is 19.0 Å². The molecule has 21 heavy (non-hydrogen) atoms. The summed E-state index contributed by atoms with van der Waals surface area (Å²) in [5, 5.41) is 3.40. The lowest BCUT2D eigenvalue weighted by Crippen LogP contribution is -2.40. The molecule has 2 saturated heterocycles. The summed E-state index contributed by atoms with van der Waals surface area (Å²) in [4.78, 5) is 14.8. The summed E-state index contributed by atoms with van der Waals surface area (Å²) in [5.74, 6) is 1.84. The lowest BCUT2D eigenvalue weighted by atomic mass is 9.97. The van der Waals surface area contributed by atoms with E-state index >= 15 is 0 Å². The molecule has 0 aliphatic carbocycles. The molecule has 124 valence electrons. The fourth-order valence-corrected chi connectivity index (χ4v) is 3.73. The van der Waals surface area contributed by atoms with Gasteiger partial charge >= 0.3 is 0 Å². The van der Waals surface area contributed by atoms with E-state index in [1.54, 1.807) is 0 Å². The monoisotopic (exact) mass is 316 g/mol. The zero-order valence-corrected chi connectivity index (χ0v) is 14.6. The number of carbonyl (C=O) groups excluding carboxylic acids is 1. The third-order valence-corrected chi connectivity index (χ3v) is 4.87. The van der Waals surface area contributed by atoms with Crippen LogP contribution >= 0.6 is 12.4 Å². The van der Waals surface area contributed by atoms with Gasteiger partial charge in [0.2, 0.25) is 5.91 Å². The van der Waals surface area contributed by atoms with Crippen molar-refractivity contribution in [3.63, 3.8) is 0 Å². The number of likely N-dealkylation sites (tertiary alicyclic amines) is 1. The maximum absolute atomic E-state index is 12.6. The Morgan fingerprint density at radius 2 is 2.05 bits per heavy atom. The van der Waals surface area contributed by atoms with Crippen LogP contribution in [0.4, 0.5) is 0 Å². The maximum atomic E-state index is 12.6. The van der Waals surface area contributed by atoms with Gasteiger partial charge in [-0.15, -0.1) is 12.4 Å². The molecular weight excluding hydrogens is 284 g/mol. The van der Waals surface area contributed by atoms with Crippen LogP contribution in [0.5, 0.6) is 0 Å². The van der Waals surface area contributed by atoms with Crippen molar-refractivity contribution in [3.05, 3.63) is 0 Å². The second-order valence-corrected chi connectivity index (χ2v) is 7.12. The van der Waals surface area contributed by atoms with Crippen LogP contribution in [0.25, 0.3) is 0 Å². The SMILES string of the molecule is CC(C)CC1CCCCCN1C(=O)CCC1CCNC1.Cl. The first kappa shape index (κ1) is 18.8. The topological polar surface area (TPSA) is 32.3 Å². The van der Waals surface area contributed by atoms with E-state index in [-0.39, 0.29) is 12.4 Å². The molecule has 2 fully saturated rings. The summed E-state index contributed by atoms with van der Waals surface area (Å²) in [6.07, 6.45) is 9.29. The van der Waals surface area contributed by atoms with Crippen molar-refractivity contribution in [3.8, 4) is 0 Å². The minimum atomic E-state index is 0. The second kappa shape index (κ2) is 9.68. The predicted molar refractivity (Wildman–Crippen MR) is 90.9 cm³/mol. The number of amides is 1. The van der Waals surface area contributed by atoms with Crippen LogP contribution in [-0.4, -0.2) is 36.5 Å². The summed E-state index contributed by atoms with van der Waals surface area (Å²) < 4.78 is 0. The Labute approximate surface area is 136 Å². The highest BCUT2D eigenvalue weighted by Crippen LogP contribution is 2.24. The van der Waals surface area contributed by atoms with Gasteiger partial charge in [0.1, 0.15) is 0 Å². The van der Waals surface area contributed by atoms with Crippen molar-refractivity contribution < 1.29 is 4.79 Å². The number of hydrogen-bond acceptors (Lipinski definition) is 2. The van der Waals surface area contributed by atoms with Crippen molar-refractivity contribution in [1.29, 1.82) is 0 Å². The van der Waals surface area contributed by atoms with Crippen molar-refractivity contribution in [2.24, 2.45) is 11.8 Å². The van der Waals surface area contributed by atoms with Crippen molar-refractivity contribution >= 4 is 18.3 Å². The van der Waals surface area contributed by atoms with E-state index in [1.165, 1.54) is 38.5 Å². The largest absolute Gasteiger partial charge is 0.340 e. The Bertz CT molecular complexity index is 303. The molecule has 0 saturated carbocycles. The van der Waals surface area contributed by atoms with Crippen LogP contribution < -0.4 is 5.32 Å². The highest BCUT2D eigenvalue weighted by Gasteiger charge is 2.26. The molecule has 4 heteroatoms. The summed E-state index contributed by atoms with van der Waals surface area (Å²) in [6.45, 7) is 7.80. The average Bonchev–Trinajstić information content (AvgIpc) is 2.82. The van der Waals surface area contributed by atoms with Gasteiger partial charge in [0.05, 0.1) is 0 Å². The highest BCUT2D eigenvalue weighted by molar-refractivity contribution is 5.85. The first-order valence-corrected chi connectivity index (χ1v) is 8.67. The lowest BCUT2D eigenvalue weighted by Gasteiger charge is -2.31. The molecule has 0 aromatic carbocycles. The van der Waals surface area contributed by atoms with Crippen LogP contribution in [0.15, 0.2) is 0 Å². The number of nitrogens with one attached hydrogen (secondary N) is 1. The van der Waals surface area contributed by atoms with E-state index in [2.05, 4.69) is 24.1 Å². The van der Waals surface area contributed by atoms with E-state index in [1.807, 2.05) is 0 Å². The van der Waals surface area contributed by atoms with Crippen molar-refractivity contribution in [2.45, 2.75) is 71.3 Å². The first-order chi connectivity index (χ1) is 9.66. The molecule has 2 aliphatic rings. The molecule has 0 radical (unpaired) electrons. The van der Waals surface area contributed by atoms with Gasteiger partial charge in [0.25, 0.3) is 0 Å².